The van der Waals surface area contributed by atoms with Gasteiger partial charge in [0.15, 0.2) is 0 Å². The molecule has 896 valence electrons. The van der Waals surface area contributed by atoms with Gasteiger partial charge in [0.1, 0.15) is 36.2 Å². The SMILES string of the molecule is CC(C)(C)OP(=O)(OC(C)(C)C)SCCOC(=O)C(C)(C)CCN1CCCCC1.CC(C)(C)OP(=O)(OC(C)(C)C)SCCOC(=O)C(C)(C)N.CC(C)(C)OP(=O)(OC(C)(C)C)SCOC(=O)C(C)(C)CCN1CCCCC1.CC(C)(C)OP(=O)(OC(C)(C)C)SCOC(=O)C(C)(C)N.CN(C)CCSP(=O)(OC(C)(C)C)OC(C)(C)C.CN(C)CSP(=O)(OC(C)(C)C)OC(C)(C)C.CSP(=O)(OC(C)(C)C)OC(C)(C)C. The van der Waals surface area contributed by atoms with E-state index in [1.165, 1.54) is 75.1 Å². The summed E-state index contributed by atoms with van der Waals surface area (Å²) < 4.78 is 189. The van der Waals surface area contributed by atoms with Crippen LogP contribution in [0, 0.1) is 10.8 Å². The summed E-state index contributed by atoms with van der Waals surface area (Å²) in [7, 11) is 7.82. The monoisotopic (exact) mass is 2410 g/mol. The average molecular weight is 2410 g/mol. The third-order valence-corrected chi connectivity index (χ3v) is 44.1. The highest BCUT2D eigenvalue weighted by molar-refractivity contribution is 8.57. The van der Waals surface area contributed by atoms with E-state index in [-0.39, 0.29) is 37.0 Å². The van der Waals surface area contributed by atoms with Crippen molar-refractivity contribution >= 4 is 151 Å². The summed E-state index contributed by atoms with van der Waals surface area (Å²) in [6.45, 7) is 75.6. The van der Waals surface area contributed by atoms with E-state index in [0.717, 1.165) is 121 Å². The first-order valence-corrected chi connectivity index (χ1v) is 73.2. The van der Waals surface area contributed by atoms with Gasteiger partial charge in [0, 0.05) is 46.6 Å². The minimum absolute atomic E-state index is 0.0601. The molecule has 2 aliphatic rings. The lowest BCUT2D eigenvalue weighted by Crippen LogP contribution is -2.43. The zero-order valence-corrected chi connectivity index (χ0v) is 115. The van der Waals surface area contributed by atoms with Crippen LogP contribution in [0.3, 0.4) is 0 Å². The normalized spacial score (nSPS) is 15.5. The predicted molar refractivity (Wildman–Crippen MR) is 633 cm³/mol. The summed E-state index contributed by atoms with van der Waals surface area (Å²) in [5.41, 5.74) is 0.175. The number of hydrogen-bond acceptors (Lipinski definition) is 42. The van der Waals surface area contributed by atoms with Gasteiger partial charge in [-0.05, 0) is 515 Å². The Kier molecular flexibility index (Phi) is 69.9. The van der Waals surface area contributed by atoms with Crippen molar-refractivity contribution in [3.8, 4) is 0 Å². The Morgan fingerprint density at radius 3 is 0.651 bits per heavy atom. The van der Waals surface area contributed by atoms with Gasteiger partial charge in [-0.2, -0.15) is 0 Å². The van der Waals surface area contributed by atoms with E-state index in [1.54, 1.807) is 61.6 Å². The Bertz CT molecular complexity index is 4050. The second-order valence-corrected chi connectivity index (χ2v) is 80.8. The summed E-state index contributed by atoms with van der Waals surface area (Å²) in [5.74, 6) is 0.193. The van der Waals surface area contributed by atoms with Crippen molar-refractivity contribution in [3.05, 3.63) is 0 Å². The first-order chi connectivity index (χ1) is 65.5. The zero-order chi connectivity index (χ0) is 119. The fourth-order valence-electron chi connectivity index (χ4n) is 10.8. The van der Waals surface area contributed by atoms with Crippen LogP contribution in [0.15, 0.2) is 0 Å². The third kappa shape index (κ3) is 96.3. The number of ether oxygens (including phenoxy) is 4. The molecule has 149 heavy (non-hydrogen) atoms. The average Bonchev–Trinajstić information content (AvgIpc) is 0.802. The summed E-state index contributed by atoms with van der Waals surface area (Å²) in [6.07, 6.45) is 10.8. The molecule has 2 aliphatic heterocycles. The Balaban J connectivity index is -0.000000548. The van der Waals surface area contributed by atoms with Crippen molar-refractivity contribution in [2.24, 2.45) is 22.3 Å². The van der Waals surface area contributed by atoms with Gasteiger partial charge < -0.3 is 45.1 Å². The lowest BCUT2D eigenvalue weighted by atomic mass is 9.89. The van der Waals surface area contributed by atoms with Crippen LogP contribution in [0.4, 0.5) is 0 Å². The van der Waals surface area contributed by atoms with E-state index in [0.29, 0.717) is 17.4 Å². The van der Waals surface area contributed by atoms with Crippen molar-refractivity contribution in [3.63, 3.8) is 0 Å². The molecule has 0 aromatic heterocycles. The topological polar surface area (TPSA) is 419 Å². The summed E-state index contributed by atoms with van der Waals surface area (Å²) in [6, 6.07) is 0. The van der Waals surface area contributed by atoms with E-state index >= 15 is 0 Å². The second kappa shape index (κ2) is 65.7. The lowest BCUT2D eigenvalue weighted by Gasteiger charge is -2.32. The van der Waals surface area contributed by atoms with Crippen molar-refractivity contribution < 1.29 is 133 Å². The molecule has 0 spiro atoms. The van der Waals surface area contributed by atoms with E-state index < -0.39 is 160 Å². The molecule has 0 saturated carbocycles. The van der Waals surface area contributed by atoms with Crippen LogP contribution >= 0.6 is 127 Å². The fraction of sp³-hybridized carbons (Fsp3) is 0.960. The smallest absolute Gasteiger partial charge is 0.393 e. The first kappa shape index (κ1) is 159. The zero-order valence-electron chi connectivity index (χ0n) is 103. The number of hydrogen-bond donors (Lipinski definition) is 2. The van der Waals surface area contributed by atoms with Crippen molar-refractivity contribution in [1.29, 1.82) is 0 Å². The molecule has 2 heterocycles. The van der Waals surface area contributed by atoms with Crippen molar-refractivity contribution in [2.75, 3.05) is 128 Å². The molecule has 35 nitrogen and oxygen atoms in total. The number of nitrogens with zero attached hydrogens (tertiary/aromatic N) is 4. The Hall–Kier alpha value is 1.14. The quantitative estimate of drug-likeness (QED) is 0.0188. The molecule has 0 radical (unpaired) electrons. The molecule has 0 atom stereocenters. The molecule has 2 rings (SSSR count). The minimum Gasteiger partial charge on any atom is -0.464 e. The van der Waals surface area contributed by atoms with Crippen LogP contribution in [0.1, 0.15) is 398 Å². The van der Waals surface area contributed by atoms with Gasteiger partial charge in [0.05, 0.1) is 95.1 Å². The summed E-state index contributed by atoms with van der Waals surface area (Å²) in [5, 5.41) is 0. The fourth-order valence-corrected chi connectivity index (χ4v) is 40.3. The third-order valence-electron chi connectivity index (χ3n) is 16.0. The van der Waals surface area contributed by atoms with Crippen LogP contribution in [0.25, 0.3) is 0 Å². The number of esters is 4. The van der Waals surface area contributed by atoms with Crippen LogP contribution in [-0.4, -0.2) is 261 Å². The number of rotatable bonds is 46. The number of carbonyl (C=O) groups excluding carboxylic acids is 4. The van der Waals surface area contributed by atoms with E-state index in [2.05, 4.69) is 9.80 Å². The van der Waals surface area contributed by atoms with Gasteiger partial charge in [-0.15, -0.1) is 0 Å². The van der Waals surface area contributed by atoms with Gasteiger partial charge in [-0.3, -0.25) is 87.4 Å². The van der Waals surface area contributed by atoms with Crippen LogP contribution in [0.2, 0.25) is 0 Å². The van der Waals surface area contributed by atoms with E-state index in [9.17, 15) is 51.1 Å². The molecule has 2 saturated heterocycles. The van der Waals surface area contributed by atoms with Crippen LogP contribution < -0.4 is 11.5 Å². The maximum Gasteiger partial charge on any atom is 0.393 e. The van der Waals surface area contributed by atoms with Gasteiger partial charge in [0.25, 0.3) is 0 Å². The molecule has 0 amide bonds. The number of nitrogens with two attached hydrogens (primary N) is 2. The Morgan fingerprint density at radius 2 is 0.443 bits per heavy atom. The van der Waals surface area contributed by atoms with Gasteiger partial charge >= 0.3 is 71.5 Å². The molecule has 49 heteroatoms. The molecular weight excluding hydrogens is 2190 g/mol. The summed E-state index contributed by atoms with van der Waals surface area (Å²) >= 11 is 7.51. The molecule has 2 fully saturated rings. The molecule has 0 aromatic rings. The van der Waals surface area contributed by atoms with Crippen LogP contribution in [0.5, 0.6) is 0 Å². The number of likely N-dealkylation sites (tertiary alicyclic amines) is 2. The van der Waals surface area contributed by atoms with Crippen LogP contribution in [-0.2, 0) is 133 Å². The highest BCUT2D eigenvalue weighted by Crippen LogP contribution is 2.70. The molecular formula is C100H215N6O29P7S7. The standard InChI is InChI=1S/C21H42NO5PS.C20H40NO5PS.C14H30NO5PS.C13H28NO5PS.C12H28NO3PS.C11H26NO3PS.C9H21O3PS/c1-19(2,3)26-28(24,27-20(4,5)6)29-17-16-25-18(23)21(7,8)12-15-22-13-10-9-11-14-22;1-18(2,3)25-27(23,26-19(4,5)6)28-16-24-17(22)20(7,8)12-15-21-13-10-9-11-14-21;1-12(2,3)19-21(17,20-13(4,5)6)22-10-9-18-11(16)14(7,8)15;1-11(2,3)18-20(16,19-12(4,5)6)21-9-17-10(15)13(7,8)14;1-11(2,3)15-17(14,16-12(4,5)6)18-10-9-13(7)8;1-10(2,3)14-16(13,15-11(4,5)6)17-9-12(7)8;1-8(2,3)11-13(10,14-7)12-9(4,5)6/h9-17H2,1-8H3;9-16H2,1-8H3;9-10,15H2,1-8H3;9,14H2,1-8H3;9-10H2,1-8H3;9H2,1-8H3;1-7H3. The number of carbonyl (C=O) groups is 4. The van der Waals surface area contributed by atoms with Gasteiger partial charge in [0.2, 0.25) is 0 Å². The largest absolute Gasteiger partial charge is 0.464 e. The lowest BCUT2D eigenvalue weighted by molar-refractivity contribution is -0.154. The highest BCUT2D eigenvalue weighted by atomic mass is 32.7. The maximum atomic E-state index is 13.1. The summed E-state index contributed by atoms with van der Waals surface area (Å²) in [4.78, 5) is 57.1. The Morgan fingerprint density at radius 1 is 0.255 bits per heavy atom. The van der Waals surface area contributed by atoms with E-state index in [1.807, 2.05) is 315 Å². The van der Waals surface area contributed by atoms with Crippen molar-refractivity contribution in [2.45, 2.75) is 487 Å². The van der Waals surface area contributed by atoms with Crippen molar-refractivity contribution in [1.82, 2.24) is 19.6 Å². The second-order valence-electron chi connectivity index (χ2n) is 53.0. The minimum atomic E-state index is -3.48. The predicted octanol–water partition coefficient (Wildman–Crippen LogP) is 31.3. The van der Waals surface area contributed by atoms with Gasteiger partial charge in [-0.1, -0.05) is 12.8 Å². The molecule has 0 aromatic carbocycles. The Labute approximate surface area is 935 Å². The molecule has 0 aliphatic carbocycles. The highest BCUT2D eigenvalue weighted by Gasteiger charge is 2.45. The molecule has 0 unspecified atom stereocenters. The maximum absolute atomic E-state index is 13.1. The molecule has 4 N–H and O–H groups in total. The van der Waals surface area contributed by atoms with E-state index in [4.69, 9.17) is 93.7 Å². The molecule has 0 bridgehead atoms. The number of piperidine rings is 2. The first-order valence-electron chi connectivity index (χ1n) is 51.0. The van der Waals surface area contributed by atoms with Gasteiger partial charge in [-0.25, -0.2) is 32.0 Å².